The van der Waals surface area contributed by atoms with Crippen molar-refractivity contribution in [2.24, 2.45) is 0 Å². The van der Waals surface area contributed by atoms with E-state index in [1.807, 2.05) is 13.0 Å². The zero-order valence-corrected chi connectivity index (χ0v) is 11.2. The second-order valence-corrected chi connectivity index (χ2v) is 5.19. The van der Waals surface area contributed by atoms with E-state index in [1.165, 1.54) is 10.9 Å². The number of fused-ring (bicyclic) bond motifs is 1. The Morgan fingerprint density at radius 3 is 2.94 bits per heavy atom. The summed E-state index contributed by atoms with van der Waals surface area (Å²) in [6.45, 7) is 2.85. The topological polar surface area (TPSA) is 27.1 Å². The van der Waals surface area contributed by atoms with E-state index >= 15 is 0 Å². The Balaban J connectivity index is 1.97. The minimum Gasteiger partial charge on any atom is -0.497 e. The lowest BCUT2D eigenvalue weighted by Gasteiger charge is -2.04. The van der Waals surface area contributed by atoms with Gasteiger partial charge >= 0.3 is 0 Å². The molecule has 2 heterocycles. The molecule has 0 spiro atoms. The van der Waals surface area contributed by atoms with Crippen molar-refractivity contribution in [1.29, 1.82) is 0 Å². The molecule has 0 saturated heterocycles. The monoisotopic (exact) mass is 258 g/mol. The van der Waals surface area contributed by atoms with Gasteiger partial charge in [0.05, 0.1) is 13.7 Å². The number of rotatable bonds is 3. The predicted molar refractivity (Wildman–Crippen MR) is 74.4 cm³/mol. The largest absolute Gasteiger partial charge is 0.497 e. The maximum Gasteiger partial charge on any atom is 0.119 e. The van der Waals surface area contributed by atoms with Crippen molar-refractivity contribution in [3.63, 3.8) is 0 Å². The van der Waals surface area contributed by atoms with Crippen LogP contribution in [0.3, 0.4) is 0 Å². The molecule has 0 bridgehead atoms. The highest BCUT2D eigenvalue weighted by molar-refractivity contribution is 7.09. The van der Waals surface area contributed by atoms with Crippen LogP contribution in [0.5, 0.6) is 5.75 Å². The van der Waals surface area contributed by atoms with Gasteiger partial charge in [-0.25, -0.2) is 4.98 Å². The van der Waals surface area contributed by atoms with Crippen LogP contribution in [-0.2, 0) is 6.54 Å². The first-order valence-electron chi connectivity index (χ1n) is 5.80. The quantitative estimate of drug-likeness (QED) is 0.719. The molecule has 0 saturated carbocycles. The van der Waals surface area contributed by atoms with Crippen molar-refractivity contribution < 1.29 is 4.74 Å². The normalized spacial score (nSPS) is 11.0. The number of ether oxygens (including phenoxy) is 1. The smallest absolute Gasteiger partial charge is 0.119 e. The average molecular weight is 258 g/mol. The van der Waals surface area contributed by atoms with Gasteiger partial charge in [-0.1, -0.05) is 0 Å². The van der Waals surface area contributed by atoms with Crippen molar-refractivity contribution in [1.82, 2.24) is 9.55 Å². The summed E-state index contributed by atoms with van der Waals surface area (Å²) in [6.07, 6.45) is 2.10. The maximum absolute atomic E-state index is 5.23. The number of thiazole rings is 1. The molecule has 92 valence electrons. The Morgan fingerprint density at radius 2 is 2.22 bits per heavy atom. The summed E-state index contributed by atoms with van der Waals surface area (Å²) in [5, 5.41) is 4.42. The number of hydrogen-bond acceptors (Lipinski definition) is 3. The summed E-state index contributed by atoms with van der Waals surface area (Å²) in [5.41, 5.74) is 2.30. The first-order valence-corrected chi connectivity index (χ1v) is 6.68. The highest BCUT2D eigenvalue weighted by Gasteiger charge is 2.05. The molecule has 1 aromatic carbocycles. The number of methoxy groups -OCH3 is 1. The van der Waals surface area contributed by atoms with E-state index in [0.29, 0.717) is 0 Å². The van der Waals surface area contributed by atoms with Crippen molar-refractivity contribution in [2.75, 3.05) is 7.11 Å². The van der Waals surface area contributed by atoms with Gasteiger partial charge in [0.15, 0.2) is 0 Å². The van der Waals surface area contributed by atoms with Crippen LogP contribution in [0.15, 0.2) is 35.8 Å². The highest BCUT2D eigenvalue weighted by Crippen LogP contribution is 2.23. The molecule has 0 N–H and O–H groups in total. The minimum atomic E-state index is 0.828. The lowest BCUT2D eigenvalue weighted by molar-refractivity contribution is 0.415. The van der Waals surface area contributed by atoms with Crippen LogP contribution in [0.25, 0.3) is 10.9 Å². The molecule has 3 aromatic rings. The van der Waals surface area contributed by atoms with E-state index in [0.717, 1.165) is 23.0 Å². The highest BCUT2D eigenvalue weighted by atomic mass is 32.1. The summed E-state index contributed by atoms with van der Waals surface area (Å²) < 4.78 is 7.45. The Labute approximate surface area is 110 Å². The van der Waals surface area contributed by atoms with E-state index in [-0.39, 0.29) is 0 Å². The molecule has 0 fully saturated rings. The molecule has 0 radical (unpaired) electrons. The summed E-state index contributed by atoms with van der Waals surface area (Å²) in [5.74, 6) is 0.894. The van der Waals surface area contributed by atoms with Gasteiger partial charge in [0.2, 0.25) is 0 Å². The van der Waals surface area contributed by atoms with Crippen LogP contribution in [-0.4, -0.2) is 16.7 Å². The standard InChI is InChI=1S/C14H14N2OS/c1-10-9-18-14(15-10)8-16-6-5-11-7-12(17-2)3-4-13(11)16/h3-7,9H,8H2,1-2H3. The molecule has 0 aliphatic heterocycles. The van der Waals surface area contributed by atoms with Crippen LogP contribution < -0.4 is 4.74 Å². The molecule has 3 rings (SSSR count). The maximum atomic E-state index is 5.23. The molecule has 2 aromatic heterocycles. The van der Waals surface area contributed by atoms with Gasteiger partial charge < -0.3 is 9.30 Å². The zero-order valence-electron chi connectivity index (χ0n) is 10.4. The molecule has 0 atom stereocenters. The first-order chi connectivity index (χ1) is 8.76. The fourth-order valence-corrected chi connectivity index (χ4v) is 2.83. The molecule has 0 unspecified atom stereocenters. The third-order valence-electron chi connectivity index (χ3n) is 2.95. The van der Waals surface area contributed by atoms with Crippen molar-refractivity contribution in [3.05, 3.63) is 46.5 Å². The number of nitrogens with zero attached hydrogens (tertiary/aromatic N) is 2. The van der Waals surface area contributed by atoms with E-state index in [9.17, 15) is 0 Å². The van der Waals surface area contributed by atoms with E-state index in [4.69, 9.17) is 4.74 Å². The lowest BCUT2D eigenvalue weighted by atomic mass is 10.2. The Morgan fingerprint density at radius 1 is 1.33 bits per heavy atom. The first kappa shape index (κ1) is 11.3. The number of hydrogen-bond donors (Lipinski definition) is 0. The van der Waals surface area contributed by atoms with E-state index in [1.54, 1.807) is 18.4 Å². The molecule has 0 aliphatic rings. The molecule has 0 aliphatic carbocycles. The van der Waals surface area contributed by atoms with E-state index in [2.05, 4.69) is 39.3 Å². The van der Waals surface area contributed by atoms with Gasteiger partial charge in [-0.05, 0) is 31.2 Å². The lowest BCUT2D eigenvalue weighted by Crippen LogP contribution is -1.97. The van der Waals surface area contributed by atoms with Crippen LogP contribution in [0.1, 0.15) is 10.7 Å². The van der Waals surface area contributed by atoms with Crippen molar-refractivity contribution in [3.8, 4) is 5.75 Å². The molecular weight excluding hydrogens is 244 g/mol. The summed E-state index contributed by atoms with van der Waals surface area (Å²) >= 11 is 1.71. The predicted octanol–water partition coefficient (Wildman–Crippen LogP) is 3.46. The number of benzene rings is 1. The molecule has 0 amide bonds. The number of aromatic nitrogens is 2. The molecule has 18 heavy (non-hydrogen) atoms. The molecule has 3 nitrogen and oxygen atoms in total. The van der Waals surface area contributed by atoms with Crippen LogP contribution in [0.2, 0.25) is 0 Å². The Hall–Kier alpha value is -1.81. The Kier molecular flexibility index (Phi) is 2.80. The minimum absolute atomic E-state index is 0.828. The van der Waals surface area contributed by atoms with Crippen LogP contribution in [0.4, 0.5) is 0 Å². The van der Waals surface area contributed by atoms with Gasteiger partial charge in [0, 0.05) is 28.2 Å². The number of aryl methyl sites for hydroxylation is 1. The Bertz CT molecular complexity index is 684. The average Bonchev–Trinajstić information content (AvgIpc) is 2.96. The zero-order chi connectivity index (χ0) is 12.5. The SMILES string of the molecule is COc1ccc2c(ccn2Cc2nc(C)cs2)c1. The second-order valence-electron chi connectivity index (χ2n) is 4.25. The molecular formula is C14H14N2OS. The fraction of sp³-hybridized carbons (Fsp3) is 0.214. The van der Waals surface area contributed by atoms with Gasteiger partial charge in [0.1, 0.15) is 10.8 Å². The van der Waals surface area contributed by atoms with Gasteiger partial charge in [-0.15, -0.1) is 11.3 Å². The van der Waals surface area contributed by atoms with E-state index < -0.39 is 0 Å². The molecule has 4 heteroatoms. The van der Waals surface area contributed by atoms with Gasteiger partial charge in [-0.3, -0.25) is 0 Å². The van der Waals surface area contributed by atoms with Crippen LogP contribution in [0, 0.1) is 6.92 Å². The fourth-order valence-electron chi connectivity index (χ4n) is 2.06. The van der Waals surface area contributed by atoms with Crippen molar-refractivity contribution in [2.45, 2.75) is 13.5 Å². The third-order valence-corrected chi connectivity index (χ3v) is 3.90. The van der Waals surface area contributed by atoms with Crippen LogP contribution >= 0.6 is 11.3 Å². The van der Waals surface area contributed by atoms with Gasteiger partial charge in [-0.2, -0.15) is 0 Å². The third kappa shape index (κ3) is 1.99. The van der Waals surface area contributed by atoms with Crippen molar-refractivity contribution >= 4 is 22.2 Å². The van der Waals surface area contributed by atoms with Gasteiger partial charge in [0.25, 0.3) is 0 Å². The summed E-state index contributed by atoms with van der Waals surface area (Å²) in [7, 11) is 1.69. The second kappa shape index (κ2) is 4.46. The summed E-state index contributed by atoms with van der Waals surface area (Å²) in [4.78, 5) is 4.50. The summed E-state index contributed by atoms with van der Waals surface area (Å²) in [6, 6.07) is 8.25.